The van der Waals surface area contributed by atoms with Gasteiger partial charge in [0.05, 0.1) is 0 Å². The van der Waals surface area contributed by atoms with E-state index in [4.69, 9.17) is 0 Å². The highest BCUT2D eigenvalue weighted by Crippen LogP contribution is 2.42. The summed E-state index contributed by atoms with van der Waals surface area (Å²) in [6.07, 6.45) is 0.484. The molecule has 1 saturated carbocycles. The predicted octanol–water partition coefficient (Wildman–Crippen LogP) is 3.10. The van der Waals surface area contributed by atoms with E-state index in [9.17, 15) is 18.0 Å². The van der Waals surface area contributed by atoms with Crippen LogP contribution in [0.5, 0.6) is 0 Å². The van der Waals surface area contributed by atoms with Gasteiger partial charge in [0, 0.05) is 0 Å². The number of alkyl halides is 3. The Balaban J connectivity index is 1.71. The van der Waals surface area contributed by atoms with Gasteiger partial charge in [0.1, 0.15) is 6.54 Å². The molecule has 1 aliphatic rings. The van der Waals surface area contributed by atoms with E-state index in [1.807, 2.05) is 23.5 Å². The van der Waals surface area contributed by atoms with Crippen LogP contribution in [-0.4, -0.2) is 18.6 Å². The minimum absolute atomic E-state index is 0.298. The van der Waals surface area contributed by atoms with Crippen molar-refractivity contribution in [3.05, 3.63) is 48.0 Å². The van der Waals surface area contributed by atoms with E-state index in [0.29, 0.717) is 11.8 Å². The third-order valence-corrected chi connectivity index (χ3v) is 3.28. The molecule has 0 saturated heterocycles. The van der Waals surface area contributed by atoms with Crippen LogP contribution in [0.25, 0.3) is 0 Å². The predicted molar refractivity (Wildman–Crippen MR) is 69.9 cm³/mol. The molecule has 20 heavy (non-hydrogen) atoms. The first kappa shape index (κ1) is 14.6. The Hall–Kier alpha value is -1.78. The highest BCUT2D eigenvalue weighted by molar-refractivity contribution is 5.87. The van der Waals surface area contributed by atoms with E-state index >= 15 is 0 Å². The topological polar surface area (TPSA) is 29.1 Å². The van der Waals surface area contributed by atoms with Crippen molar-refractivity contribution in [2.45, 2.75) is 19.0 Å². The number of benzene rings is 1. The van der Waals surface area contributed by atoms with Gasteiger partial charge in [0.25, 0.3) is 0 Å². The number of hydrogen-bond acceptors (Lipinski definition) is 1. The van der Waals surface area contributed by atoms with Gasteiger partial charge >= 0.3 is 6.18 Å². The lowest BCUT2D eigenvalue weighted by molar-refractivity contribution is -0.135. The van der Waals surface area contributed by atoms with Gasteiger partial charge in [-0.1, -0.05) is 36.4 Å². The molecule has 1 aliphatic carbocycles. The SMILES string of the molecule is O=C(/C=C/C1CC1Cc1ccccc1)NCC(F)(F)F. The maximum atomic E-state index is 11.9. The molecule has 5 heteroatoms. The van der Waals surface area contributed by atoms with Gasteiger partial charge in [0.2, 0.25) is 5.91 Å². The summed E-state index contributed by atoms with van der Waals surface area (Å²) < 4.78 is 35.7. The Labute approximate surface area is 115 Å². The first-order valence-electron chi connectivity index (χ1n) is 6.51. The normalized spacial score (nSPS) is 21.9. The third-order valence-electron chi connectivity index (χ3n) is 3.28. The number of halogens is 3. The first-order valence-corrected chi connectivity index (χ1v) is 6.51. The van der Waals surface area contributed by atoms with E-state index in [-0.39, 0.29) is 0 Å². The fourth-order valence-corrected chi connectivity index (χ4v) is 2.12. The van der Waals surface area contributed by atoms with Crippen molar-refractivity contribution < 1.29 is 18.0 Å². The molecule has 0 aliphatic heterocycles. The third kappa shape index (κ3) is 5.07. The maximum Gasteiger partial charge on any atom is 0.405 e. The molecule has 2 unspecified atom stereocenters. The molecule has 108 valence electrons. The lowest BCUT2D eigenvalue weighted by Gasteiger charge is -2.05. The minimum Gasteiger partial charge on any atom is -0.343 e. The van der Waals surface area contributed by atoms with Gasteiger partial charge in [-0.05, 0) is 36.3 Å². The van der Waals surface area contributed by atoms with Crippen molar-refractivity contribution in [2.75, 3.05) is 6.54 Å². The van der Waals surface area contributed by atoms with Crippen LogP contribution < -0.4 is 5.32 Å². The smallest absolute Gasteiger partial charge is 0.343 e. The van der Waals surface area contributed by atoms with Gasteiger partial charge in [-0.2, -0.15) is 13.2 Å². The van der Waals surface area contributed by atoms with E-state index in [0.717, 1.165) is 12.8 Å². The van der Waals surface area contributed by atoms with Crippen LogP contribution in [0.2, 0.25) is 0 Å². The maximum absolute atomic E-state index is 11.9. The summed E-state index contributed by atoms with van der Waals surface area (Å²) in [5.74, 6) is 0.101. The molecular weight excluding hydrogens is 267 g/mol. The largest absolute Gasteiger partial charge is 0.405 e. The average Bonchev–Trinajstić information content (AvgIpc) is 3.12. The number of carbonyl (C=O) groups excluding carboxylic acids is 1. The highest BCUT2D eigenvalue weighted by Gasteiger charge is 2.34. The summed E-state index contributed by atoms with van der Waals surface area (Å²) >= 11 is 0. The quantitative estimate of drug-likeness (QED) is 0.827. The van der Waals surface area contributed by atoms with Gasteiger partial charge < -0.3 is 5.32 Å². The van der Waals surface area contributed by atoms with E-state index in [1.54, 1.807) is 6.08 Å². The summed E-state index contributed by atoms with van der Waals surface area (Å²) in [5, 5.41) is 1.82. The number of amides is 1. The second-order valence-corrected chi connectivity index (χ2v) is 5.04. The second kappa shape index (κ2) is 6.11. The number of allylic oxidation sites excluding steroid dienone is 1. The number of rotatable bonds is 5. The Morgan fingerprint density at radius 1 is 1.30 bits per heavy atom. The molecule has 1 fully saturated rings. The number of hydrogen-bond donors (Lipinski definition) is 1. The molecule has 0 radical (unpaired) electrons. The molecular formula is C15H16F3NO. The Morgan fingerprint density at radius 2 is 2.00 bits per heavy atom. The van der Waals surface area contributed by atoms with Crippen molar-refractivity contribution in [3.8, 4) is 0 Å². The van der Waals surface area contributed by atoms with Crippen molar-refractivity contribution in [3.63, 3.8) is 0 Å². The molecule has 0 heterocycles. The monoisotopic (exact) mass is 283 g/mol. The van der Waals surface area contributed by atoms with Crippen LogP contribution in [0.1, 0.15) is 12.0 Å². The van der Waals surface area contributed by atoms with E-state index < -0.39 is 18.6 Å². The van der Waals surface area contributed by atoms with Crippen LogP contribution >= 0.6 is 0 Å². The molecule has 0 aromatic heterocycles. The Bertz CT molecular complexity index is 482. The van der Waals surface area contributed by atoms with Crippen molar-refractivity contribution >= 4 is 5.91 Å². The lowest BCUT2D eigenvalue weighted by atomic mass is 10.1. The van der Waals surface area contributed by atoms with Crippen molar-refractivity contribution in [1.29, 1.82) is 0 Å². The molecule has 2 atom stereocenters. The van der Waals surface area contributed by atoms with E-state index in [1.165, 1.54) is 11.6 Å². The van der Waals surface area contributed by atoms with Gasteiger partial charge in [-0.25, -0.2) is 0 Å². The van der Waals surface area contributed by atoms with Gasteiger partial charge in [-0.15, -0.1) is 0 Å². The summed E-state index contributed by atoms with van der Waals surface area (Å²) in [4.78, 5) is 11.2. The van der Waals surface area contributed by atoms with Gasteiger partial charge in [0.15, 0.2) is 0 Å². The molecule has 2 rings (SSSR count). The summed E-state index contributed by atoms with van der Waals surface area (Å²) in [5.41, 5.74) is 1.25. The average molecular weight is 283 g/mol. The van der Waals surface area contributed by atoms with Crippen molar-refractivity contribution in [2.24, 2.45) is 11.8 Å². The summed E-state index contributed by atoms with van der Waals surface area (Å²) in [6, 6.07) is 10.0. The van der Waals surface area contributed by atoms with Crippen LogP contribution in [0.3, 0.4) is 0 Å². The molecule has 1 amide bonds. The number of carbonyl (C=O) groups is 1. The molecule has 1 N–H and O–H groups in total. The Morgan fingerprint density at radius 3 is 2.65 bits per heavy atom. The van der Waals surface area contributed by atoms with Crippen LogP contribution in [0, 0.1) is 11.8 Å². The first-order chi connectivity index (χ1) is 9.44. The fourth-order valence-electron chi connectivity index (χ4n) is 2.12. The van der Waals surface area contributed by atoms with E-state index in [2.05, 4.69) is 12.1 Å². The molecule has 1 aromatic carbocycles. The van der Waals surface area contributed by atoms with Crippen LogP contribution in [-0.2, 0) is 11.2 Å². The van der Waals surface area contributed by atoms with Crippen LogP contribution in [0.4, 0.5) is 13.2 Å². The van der Waals surface area contributed by atoms with Crippen LogP contribution in [0.15, 0.2) is 42.5 Å². The fraction of sp³-hybridized carbons (Fsp3) is 0.400. The molecule has 0 bridgehead atoms. The lowest BCUT2D eigenvalue weighted by Crippen LogP contribution is -2.32. The minimum atomic E-state index is -4.36. The molecule has 2 nitrogen and oxygen atoms in total. The summed E-state index contributed by atoms with van der Waals surface area (Å²) in [6.45, 7) is -1.28. The Kier molecular flexibility index (Phi) is 4.47. The molecule has 1 aromatic rings. The zero-order chi connectivity index (χ0) is 14.6. The van der Waals surface area contributed by atoms with Gasteiger partial charge in [-0.3, -0.25) is 4.79 Å². The standard InChI is InChI=1S/C15H16F3NO/c16-15(17,18)10-19-14(20)7-6-12-9-13(12)8-11-4-2-1-3-5-11/h1-7,12-13H,8-10H2,(H,19,20)/b7-6+. The zero-order valence-corrected chi connectivity index (χ0v) is 10.9. The highest BCUT2D eigenvalue weighted by atomic mass is 19.4. The van der Waals surface area contributed by atoms with Crippen molar-refractivity contribution in [1.82, 2.24) is 5.32 Å². The molecule has 0 spiro atoms. The number of nitrogens with one attached hydrogen (secondary N) is 1. The summed E-state index contributed by atoms with van der Waals surface area (Å²) in [7, 11) is 0. The second-order valence-electron chi connectivity index (χ2n) is 5.04. The zero-order valence-electron chi connectivity index (χ0n) is 10.9.